The van der Waals surface area contributed by atoms with Crippen LogP contribution in [0.5, 0.6) is 5.75 Å². The Hall–Kier alpha value is -1.88. The van der Waals surface area contributed by atoms with E-state index in [-0.39, 0.29) is 5.56 Å². The van der Waals surface area contributed by atoms with Gasteiger partial charge in [-0.15, -0.1) is 0 Å². The van der Waals surface area contributed by atoms with Gasteiger partial charge in [0.1, 0.15) is 11.6 Å². The lowest BCUT2D eigenvalue weighted by atomic mass is 10.1. The molecule has 0 bridgehead atoms. The van der Waals surface area contributed by atoms with Crippen molar-refractivity contribution in [2.75, 3.05) is 12.4 Å². The quantitative estimate of drug-likeness (QED) is 0.913. The number of hydrogen-bond donors (Lipinski definition) is 1. The van der Waals surface area contributed by atoms with Gasteiger partial charge < -0.3 is 10.1 Å². The molecule has 104 valence electrons. The normalized spacial score (nSPS) is 10.2. The number of halogens is 2. The molecule has 5 heteroatoms. The van der Waals surface area contributed by atoms with E-state index >= 15 is 0 Å². The zero-order chi connectivity index (χ0) is 14.7. The van der Waals surface area contributed by atoms with Gasteiger partial charge in [-0.1, -0.05) is 22.0 Å². The van der Waals surface area contributed by atoms with Crippen molar-refractivity contribution in [3.63, 3.8) is 0 Å². The molecule has 0 aliphatic rings. The summed E-state index contributed by atoms with van der Waals surface area (Å²) in [6, 6.07) is 9.63. The Balaban J connectivity index is 2.25. The SMILES string of the molecule is COc1cc(Br)cc(NC(=O)c2ccc(C)cc2F)c1. The van der Waals surface area contributed by atoms with Gasteiger partial charge in [-0.05, 0) is 36.8 Å². The Kier molecular flexibility index (Phi) is 4.39. The summed E-state index contributed by atoms with van der Waals surface area (Å²) in [6.07, 6.45) is 0. The van der Waals surface area contributed by atoms with E-state index in [9.17, 15) is 9.18 Å². The van der Waals surface area contributed by atoms with Gasteiger partial charge in [0.15, 0.2) is 0 Å². The lowest BCUT2D eigenvalue weighted by molar-refractivity contribution is 0.102. The molecular weight excluding hydrogens is 325 g/mol. The Morgan fingerprint density at radius 3 is 2.65 bits per heavy atom. The Labute approximate surface area is 124 Å². The van der Waals surface area contributed by atoms with Gasteiger partial charge in [-0.25, -0.2) is 4.39 Å². The second-order valence-electron chi connectivity index (χ2n) is 4.32. The third-order valence-corrected chi connectivity index (χ3v) is 3.19. The van der Waals surface area contributed by atoms with E-state index < -0.39 is 11.7 Å². The van der Waals surface area contributed by atoms with E-state index in [1.165, 1.54) is 19.2 Å². The molecule has 0 aliphatic heterocycles. The summed E-state index contributed by atoms with van der Waals surface area (Å²) in [4.78, 5) is 12.0. The Morgan fingerprint density at radius 1 is 1.25 bits per heavy atom. The first kappa shape index (κ1) is 14.5. The van der Waals surface area contributed by atoms with Crippen LogP contribution < -0.4 is 10.1 Å². The average molecular weight is 338 g/mol. The van der Waals surface area contributed by atoms with Crippen molar-refractivity contribution in [3.05, 3.63) is 57.8 Å². The van der Waals surface area contributed by atoms with Crippen LogP contribution in [0.25, 0.3) is 0 Å². The molecule has 3 nitrogen and oxygen atoms in total. The molecule has 1 amide bonds. The van der Waals surface area contributed by atoms with Crippen molar-refractivity contribution < 1.29 is 13.9 Å². The number of carbonyl (C=O) groups excluding carboxylic acids is 1. The van der Waals surface area contributed by atoms with Gasteiger partial charge >= 0.3 is 0 Å². The molecule has 0 spiro atoms. The van der Waals surface area contributed by atoms with Gasteiger partial charge in [0.2, 0.25) is 0 Å². The molecule has 2 aromatic carbocycles. The zero-order valence-corrected chi connectivity index (χ0v) is 12.6. The average Bonchev–Trinajstić information content (AvgIpc) is 2.37. The van der Waals surface area contributed by atoms with Crippen LogP contribution in [0.1, 0.15) is 15.9 Å². The molecule has 0 heterocycles. The maximum Gasteiger partial charge on any atom is 0.258 e. The number of ether oxygens (including phenoxy) is 1. The maximum absolute atomic E-state index is 13.7. The first-order valence-electron chi connectivity index (χ1n) is 5.91. The largest absolute Gasteiger partial charge is 0.497 e. The minimum Gasteiger partial charge on any atom is -0.497 e. The number of nitrogens with one attached hydrogen (secondary N) is 1. The molecular formula is C15H13BrFNO2. The second kappa shape index (κ2) is 6.05. The number of hydrogen-bond acceptors (Lipinski definition) is 2. The Morgan fingerprint density at radius 2 is 2.00 bits per heavy atom. The van der Waals surface area contributed by atoms with Crippen molar-refractivity contribution in [2.24, 2.45) is 0 Å². The van der Waals surface area contributed by atoms with Gasteiger partial charge in [0, 0.05) is 16.2 Å². The molecule has 2 aromatic rings. The van der Waals surface area contributed by atoms with E-state index in [1.807, 2.05) is 0 Å². The Bertz CT molecular complexity index is 658. The third kappa shape index (κ3) is 3.36. The van der Waals surface area contributed by atoms with Gasteiger partial charge in [0.05, 0.1) is 12.7 Å². The standard InChI is InChI=1S/C15H13BrFNO2/c1-9-3-4-13(14(17)5-9)15(19)18-11-6-10(16)7-12(8-11)20-2/h3-8H,1-2H3,(H,18,19). The molecule has 0 radical (unpaired) electrons. The molecule has 0 aromatic heterocycles. The predicted octanol–water partition coefficient (Wildman–Crippen LogP) is 4.16. The van der Waals surface area contributed by atoms with Gasteiger partial charge in [-0.3, -0.25) is 4.79 Å². The summed E-state index contributed by atoms with van der Waals surface area (Å²) < 4.78 is 19.6. The molecule has 0 saturated carbocycles. The molecule has 0 atom stereocenters. The van der Waals surface area contributed by atoms with Crippen LogP contribution >= 0.6 is 15.9 Å². The number of aryl methyl sites for hydroxylation is 1. The van der Waals surface area contributed by atoms with Crippen LogP contribution in [0.4, 0.5) is 10.1 Å². The molecule has 0 unspecified atom stereocenters. The van der Waals surface area contributed by atoms with Crippen LogP contribution in [0.2, 0.25) is 0 Å². The van der Waals surface area contributed by atoms with E-state index in [0.717, 1.165) is 10.0 Å². The highest BCUT2D eigenvalue weighted by Crippen LogP contribution is 2.25. The van der Waals surface area contributed by atoms with Crippen molar-refractivity contribution in [1.82, 2.24) is 0 Å². The first-order chi connectivity index (χ1) is 9.49. The summed E-state index contributed by atoms with van der Waals surface area (Å²) in [5.41, 5.74) is 1.30. The number of rotatable bonds is 3. The van der Waals surface area contributed by atoms with Crippen molar-refractivity contribution in [1.29, 1.82) is 0 Å². The molecule has 0 aliphatic carbocycles. The summed E-state index contributed by atoms with van der Waals surface area (Å²) in [7, 11) is 1.53. The van der Waals surface area contributed by atoms with E-state index in [4.69, 9.17) is 4.74 Å². The summed E-state index contributed by atoms with van der Waals surface area (Å²) >= 11 is 3.32. The molecule has 20 heavy (non-hydrogen) atoms. The molecule has 1 N–H and O–H groups in total. The topological polar surface area (TPSA) is 38.3 Å². The fourth-order valence-electron chi connectivity index (χ4n) is 1.76. The molecule has 0 fully saturated rings. The number of benzene rings is 2. The molecule has 0 saturated heterocycles. The minimum absolute atomic E-state index is 0.00884. The van der Waals surface area contributed by atoms with Crippen molar-refractivity contribution in [3.8, 4) is 5.75 Å². The summed E-state index contributed by atoms with van der Waals surface area (Å²) in [6.45, 7) is 1.77. The number of anilines is 1. The lowest BCUT2D eigenvalue weighted by Gasteiger charge is -2.09. The maximum atomic E-state index is 13.7. The van der Waals surface area contributed by atoms with Crippen LogP contribution in [-0.2, 0) is 0 Å². The van der Waals surface area contributed by atoms with Crippen LogP contribution in [0.15, 0.2) is 40.9 Å². The highest BCUT2D eigenvalue weighted by Gasteiger charge is 2.12. The number of amides is 1. The summed E-state index contributed by atoms with van der Waals surface area (Å²) in [5, 5.41) is 2.65. The van der Waals surface area contributed by atoms with E-state index in [0.29, 0.717) is 11.4 Å². The van der Waals surface area contributed by atoms with Gasteiger partial charge in [-0.2, -0.15) is 0 Å². The third-order valence-electron chi connectivity index (χ3n) is 2.73. The van der Waals surface area contributed by atoms with Crippen molar-refractivity contribution >= 4 is 27.5 Å². The minimum atomic E-state index is -0.538. The highest BCUT2D eigenvalue weighted by molar-refractivity contribution is 9.10. The number of carbonyl (C=O) groups is 1. The zero-order valence-electron chi connectivity index (χ0n) is 11.0. The van der Waals surface area contributed by atoms with Crippen molar-refractivity contribution in [2.45, 2.75) is 6.92 Å². The van der Waals surface area contributed by atoms with Gasteiger partial charge in [0.25, 0.3) is 5.91 Å². The highest BCUT2D eigenvalue weighted by atomic mass is 79.9. The van der Waals surface area contributed by atoms with E-state index in [2.05, 4.69) is 21.2 Å². The fourth-order valence-corrected chi connectivity index (χ4v) is 2.23. The van der Waals surface area contributed by atoms with Crippen LogP contribution in [0, 0.1) is 12.7 Å². The summed E-state index contributed by atoms with van der Waals surface area (Å²) in [5.74, 6) is -0.439. The smallest absolute Gasteiger partial charge is 0.258 e. The lowest BCUT2D eigenvalue weighted by Crippen LogP contribution is -2.13. The van der Waals surface area contributed by atoms with Crippen LogP contribution in [0.3, 0.4) is 0 Å². The fraction of sp³-hybridized carbons (Fsp3) is 0.133. The number of methoxy groups -OCH3 is 1. The van der Waals surface area contributed by atoms with E-state index in [1.54, 1.807) is 31.2 Å². The first-order valence-corrected chi connectivity index (χ1v) is 6.71. The molecule has 2 rings (SSSR count). The second-order valence-corrected chi connectivity index (χ2v) is 5.23. The van der Waals surface area contributed by atoms with Crippen LogP contribution in [-0.4, -0.2) is 13.0 Å². The predicted molar refractivity (Wildman–Crippen MR) is 79.8 cm³/mol. The monoisotopic (exact) mass is 337 g/mol.